The van der Waals surface area contributed by atoms with Crippen LogP contribution in [0.15, 0.2) is 48.7 Å². The number of aromatic nitrogens is 1. The maximum atomic E-state index is 12.5. The summed E-state index contributed by atoms with van der Waals surface area (Å²) in [5.41, 5.74) is 1.72. The van der Waals surface area contributed by atoms with Crippen molar-refractivity contribution in [3.05, 3.63) is 54.2 Å². The van der Waals surface area contributed by atoms with Crippen LogP contribution in [0.1, 0.15) is 10.4 Å². The zero-order valence-electron chi connectivity index (χ0n) is 15.3. The maximum absolute atomic E-state index is 12.5. The molecule has 0 spiro atoms. The molecule has 1 N–H and O–H groups in total. The first-order valence-electron chi connectivity index (χ1n) is 8.25. The summed E-state index contributed by atoms with van der Waals surface area (Å²) in [6.45, 7) is 0.0779. The molecule has 0 aliphatic rings. The number of nitrogens with zero attached hydrogens (tertiary/aromatic N) is 1. The Labute approximate surface area is 156 Å². The monoisotopic (exact) mass is 368 g/mol. The molecule has 140 valence electrons. The number of benzene rings is 2. The lowest BCUT2D eigenvalue weighted by molar-refractivity contribution is -0.116. The first-order chi connectivity index (χ1) is 13.0. The molecular formula is C20H20N2O5. The van der Waals surface area contributed by atoms with E-state index in [0.29, 0.717) is 22.7 Å². The van der Waals surface area contributed by atoms with Crippen molar-refractivity contribution < 1.29 is 23.8 Å². The van der Waals surface area contributed by atoms with Gasteiger partial charge < -0.3 is 24.1 Å². The van der Waals surface area contributed by atoms with Crippen LogP contribution in [0.5, 0.6) is 11.5 Å². The van der Waals surface area contributed by atoms with Gasteiger partial charge >= 0.3 is 5.97 Å². The Hall–Kier alpha value is -3.48. The number of fused-ring (bicyclic) bond motifs is 1. The first kappa shape index (κ1) is 18.3. The molecule has 1 heterocycles. The number of hydrogen-bond donors (Lipinski definition) is 1. The van der Waals surface area contributed by atoms with E-state index < -0.39 is 5.97 Å². The van der Waals surface area contributed by atoms with Gasteiger partial charge in [0.05, 0.1) is 32.6 Å². The highest BCUT2D eigenvalue weighted by Crippen LogP contribution is 2.29. The maximum Gasteiger partial charge on any atom is 0.337 e. The molecule has 0 aliphatic heterocycles. The molecule has 27 heavy (non-hydrogen) atoms. The number of rotatable bonds is 6. The van der Waals surface area contributed by atoms with Crippen molar-refractivity contribution in [1.29, 1.82) is 0 Å². The number of carbonyl (C=O) groups excluding carboxylic acids is 2. The highest BCUT2D eigenvalue weighted by molar-refractivity contribution is 5.96. The topological polar surface area (TPSA) is 78.8 Å². The van der Waals surface area contributed by atoms with Crippen molar-refractivity contribution in [3.8, 4) is 11.5 Å². The highest BCUT2D eigenvalue weighted by Gasteiger charge is 2.13. The van der Waals surface area contributed by atoms with Gasteiger partial charge in [0.25, 0.3) is 0 Å². The molecule has 0 saturated heterocycles. The van der Waals surface area contributed by atoms with E-state index in [0.717, 1.165) is 10.9 Å². The fourth-order valence-electron chi connectivity index (χ4n) is 2.82. The summed E-state index contributed by atoms with van der Waals surface area (Å²) in [4.78, 5) is 24.3. The third-order valence-corrected chi connectivity index (χ3v) is 4.19. The second kappa shape index (κ2) is 7.82. The zero-order valence-corrected chi connectivity index (χ0v) is 15.3. The lowest BCUT2D eigenvalue weighted by Crippen LogP contribution is -2.18. The lowest BCUT2D eigenvalue weighted by atomic mass is 10.1. The summed E-state index contributed by atoms with van der Waals surface area (Å²) in [5.74, 6) is 0.493. The van der Waals surface area contributed by atoms with E-state index in [2.05, 4.69) is 5.32 Å². The molecule has 0 bridgehead atoms. The normalized spacial score (nSPS) is 10.5. The Bertz CT molecular complexity index is 993. The van der Waals surface area contributed by atoms with Crippen molar-refractivity contribution in [2.75, 3.05) is 26.6 Å². The van der Waals surface area contributed by atoms with Crippen LogP contribution in [0.3, 0.4) is 0 Å². The second-order valence-corrected chi connectivity index (χ2v) is 5.82. The summed E-state index contributed by atoms with van der Waals surface area (Å²) in [5, 5.41) is 3.76. The first-order valence-corrected chi connectivity index (χ1v) is 8.25. The molecular weight excluding hydrogens is 348 g/mol. The number of methoxy groups -OCH3 is 3. The minimum atomic E-state index is -0.421. The van der Waals surface area contributed by atoms with Crippen LogP contribution in [0.2, 0.25) is 0 Å². The van der Waals surface area contributed by atoms with E-state index in [-0.39, 0.29) is 12.5 Å². The Kier molecular flexibility index (Phi) is 5.30. The molecule has 3 rings (SSSR count). The molecule has 1 amide bonds. The van der Waals surface area contributed by atoms with Gasteiger partial charge in [-0.2, -0.15) is 0 Å². The minimum Gasteiger partial charge on any atom is -0.497 e. The Balaban J connectivity index is 1.83. The summed E-state index contributed by atoms with van der Waals surface area (Å²) < 4.78 is 17.0. The zero-order chi connectivity index (χ0) is 19.4. The van der Waals surface area contributed by atoms with E-state index in [9.17, 15) is 9.59 Å². The van der Waals surface area contributed by atoms with Crippen molar-refractivity contribution in [2.24, 2.45) is 0 Å². The van der Waals surface area contributed by atoms with Crippen molar-refractivity contribution >= 4 is 28.5 Å². The van der Waals surface area contributed by atoms with E-state index in [4.69, 9.17) is 14.2 Å². The molecule has 0 atom stereocenters. The molecule has 0 radical (unpaired) electrons. The largest absolute Gasteiger partial charge is 0.497 e. The van der Waals surface area contributed by atoms with Crippen LogP contribution in [0.25, 0.3) is 10.9 Å². The Morgan fingerprint density at radius 1 is 1.00 bits per heavy atom. The van der Waals surface area contributed by atoms with Crippen LogP contribution in [0, 0.1) is 0 Å². The number of anilines is 1. The van der Waals surface area contributed by atoms with Crippen LogP contribution in [-0.4, -0.2) is 37.8 Å². The molecule has 0 fully saturated rings. The highest BCUT2D eigenvalue weighted by atomic mass is 16.5. The van der Waals surface area contributed by atoms with Gasteiger partial charge in [-0.3, -0.25) is 4.79 Å². The number of carbonyl (C=O) groups is 2. The Morgan fingerprint density at radius 2 is 1.81 bits per heavy atom. The van der Waals surface area contributed by atoms with Gasteiger partial charge in [0, 0.05) is 17.8 Å². The van der Waals surface area contributed by atoms with E-state index in [1.165, 1.54) is 14.2 Å². The quantitative estimate of drug-likeness (QED) is 0.677. The fourth-order valence-corrected chi connectivity index (χ4v) is 2.82. The number of ether oxygens (including phenoxy) is 3. The summed E-state index contributed by atoms with van der Waals surface area (Å²) in [7, 11) is 4.42. The molecule has 7 nitrogen and oxygen atoms in total. The van der Waals surface area contributed by atoms with E-state index in [1.54, 1.807) is 48.2 Å². The van der Waals surface area contributed by atoms with Gasteiger partial charge in [0.15, 0.2) is 0 Å². The van der Waals surface area contributed by atoms with Crippen LogP contribution in [-0.2, 0) is 16.1 Å². The third kappa shape index (κ3) is 3.87. The molecule has 0 saturated carbocycles. The molecule has 7 heteroatoms. The van der Waals surface area contributed by atoms with Crippen molar-refractivity contribution in [3.63, 3.8) is 0 Å². The third-order valence-electron chi connectivity index (χ3n) is 4.19. The number of nitrogens with one attached hydrogen (secondary N) is 1. The summed E-state index contributed by atoms with van der Waals surface area (Å²) in [6.07, 6.45) is 1.80. The second-order valence-electron chi connectivity index (χ2n) is 5.82. The van der Waals surface area contributed by atoms with Crippen LogP contribution >= 0.6 is 0 Å². The van der Waals surface area contributed by atoms with Gasteiger partial charge in [-0.1, -0.05) is 6.07 Å². The average molecular weight is 368 g/mol. The van der Waals surface area contributed by atoms with Crippen LogP contribution in [0.4, 0.5) is 5.69 Å². The SMILES string of the molecule is COC(=O)c1ccc2ccn(CC(=O)Nc3cc(OC)ccc3OC)c2c1. The van der Waals surface area contributed by atoms with Crippen molar-refractivity contribution in [2.45, 2.75) is 6.54 Å². The predicted octanol–water partition coefficient (Wildman–Crippen LogP) is 3.08. The number of hydrogen-bond acceptors (Lipinski definition) is 5. The molecule has 0 aliphatic carbocycles. The smallest absolute Gasteiger partial charge is 0.337 e. The molecule has 1 aromatic heterocycles. The summed E-state index contributed by atoms with van der Waals surface area (Å²) >= 11 is 0. The average Bonchev–Trinajstić information content (AvgIpc) is 3.09. The van der Waals surface area contributed by atoms with Gasteiger partial charge in [-0.15, -0.1) is 0 Å². The fraction of sp³-hybridized carbons (Fsp3) is 0.200. The predicted molar refractivity (Wildman–Crippen MR) is 101 cm³/mol. The van der Waals surface area contributed by atoms with Gasteiger partial charge in [0.2, 0.25) is 5.91 Å². The van der Waals surface area contributed by atoms with Crippen LogP contribution < -0.4 is 14.8 Å². The standard InChI is InChI=1S/C20H20N2O5/c1-25-15-6-7-18(26-2)16(11-15)21-19(23)12-22-9-8-13-4-5-14(10-17(13)22)20(24)27-3/h4-11H,12H2,1-3H3,(H,21,23). The van der Waals surface area contributed by atoms with E-state index in [1.807, 2.05) is 12.1 Å². The molecule has 2 aromatic carbocycles. The minimum absolute atomic E-state index is 0.0779. The summed E-state index contributed by atoms with van der Waals surface area (Å²) in [6, 6.07) is 12.3. The number of amides is 1. The molecule has 3 aromatic rings. The molecule has 0 unspecified atom stereocenters. The van der Waals surface area contributed by atoms with Gasteiger partial charge in [-0.25, -0.2) is 4.79 Å². The van der Waals surface area contributed by atoms with Crippen molar-refractivity contribution in [1.82, 2.24) is 4.57 Å². The number of esters is 1. The van der Waals surface area contributed by atoms with E-state index >= 15 is 0 Å². The lowest BCUT2D eigenvalue weighted by Gasteiger charge is -2.12. The Morgan fingerprint density at radius 3 is 2.52 bits per heavy atom. The van der Waals surface area contributed by atoms with Gasteiger partial charge in [0.1, 0.15) is 18.0 Å². The van der Waals surface area contributed by atoms with Gasteiger partial charge in [-0.05, 0) is 35.7 Å².